The van der Waals surface area contributed by atoms with Crippen molar-refractivity contribution in [1.29, 1.82) is 0 Å². The molecule has 0 unspecified atom stereocenters. The fourth-order valence-electron chi connectivity index (χ4n) is 1.82. The minimum atomic E-state index is -4.78. The van der Waals surface area contributed by atoms with Gasteiger partial charge in [-0.3, -0.25) is 0 Å². The summed E-state index contributed by atoms with van der Waals surface area (Å²) in [6, 6.07) is 1.82. The lowest BCUT2D eigenvalue weighted by Crippen LogP contribution is -2.50. The number of alkyl halides is 5. The number of benzene rings is 1. The molecule has 1 heterocycles. The van der Waals surface area contributed by atoms with Crippen molar-refractivity contribution in [2.45, 2.75) is 18.1 Å². The van der Waals surface area contributed by atoms with Crippen LogP contribution in [-0.4, -0.2) is 18.6 Å². The molecule has 2 rings (SSSR count). The van der Waals surface area contributed by atoms with E-state index < -0.39 is 42.0 Å². The molecular formula is C11H9ClF5NO2. The predicted molar refractivity (Wildman–Crippen MR) is 60.9 cm³/mol. The molecule has 20 heavy (non-hydrogen) atoms. The highest BCUT2D eigenvalue weighted by atomic mass is 35.5. The Balaban J connectivity index is 0.00000200. The number of amides is 1. The zero-order valence-electron chi connectivity index (χ0n) is 9.71. The van der Waals surface area contributed by atoms with Gasteiger partial charge in [0, 0.05) is 0 Å². The van der Waals surface area contributed by atoms with Gasteiger partial charge in [-0.15, -0.1) is 12.4 Å². The van der Waals surface area contributed by atoms with Crippen LogP contribution in [0.5, 0.6) is 0 Å². The average Bonchev–Trinajstić information content (AvgIpc) is 2.31. The molecule has 1 fully saturated rings. The quantitative estimate of drug-likeness (QED) is 0.805. The fourth-order valence-corrected chi connectivity index (χ4v) is 1.82. The number of cyclic esters (lactones) is 1. The summed E-state index contributed by atoms with van der Waals surface area (Å²) >= 11 is 0. The van der Waals surface area contributed by atoms with Crippen LogP contribution in [0.25, 0.3) is 0 Å². The number of halogens is 6. The van der Waals surface area contributed by atoms with E-state index in [2.05, 4.69) is 4.74 Å². The van der Waals surface area contributed by atoms with Crippen LogP contribution in [0.15, 0.2) is 24.3 Å². The lowest BCUT2D eigenvalue weighted by molar-refractivity contribution is -0.141. The first-order chi connectivity index (χ1) is 8.72. The predicted octanol–water partition coefficient (Wildman–Crippen LogP) is 3.54. The highest BCUT2D eigenvalue weighted by molar-refractivity contribution is 5.85. The van der Waals surface area contributed by atoms with Crippen LogP contribution in [0.3, 0.4) is 0 Å². The highest BCUT2D eigenvalue weighted by Crippen LogP contribution is 2.41. The number of hydrogen-bond donors (Lipinski definition) is 1. The van der Waals surface area contributed by atoms with Gasteiger partial charge in [-0.2, -0.15) is 13.2 Å². The van der Waals surface area contributed by atoms with Crippen molar-refractivity contribution >= 4 is 18.5 Å². The Morgan fingerprint density at radius 3 is 2.45 bits per heavy atom. The molecule has 0 saturated carbocycles. The standard InChI is InChI=1S/C11H8F5NO2.ClH/c12-10(13)5-19-9(18)17-8(10)6-3-1-2-4-7(6)11(14,15)16;/h1-4,8H,5H2,(H,17,18);1H/t8-;/m1./s1. The molecule has 3 nitrogen and oxygen atoms in total. The van der Waals surface area contributed by atoms with Crippen LogP contribution in [0.1, 0.15) is 17.2 Å². The first-order valence-electron chi connectivity index (χ1n) is 5.19. The largest absolute Gasteiger partial charge is 0.443 e. The molecule has 0 spiro atoms. The van der Waals surface area contributed by atoms with Crippen molar-refractivity contribution in [2.24, 2.45) is 0 Å². The van der Waals surface area contributed by atoms with Gasteiger partial charge in [0.05, 0.1) is 5.56 Å². The molecule has 1 saturated heterocycles. The Morgan fingerprint density at radius 1 is 1.25 bits per heavy atom. The molecule has 112 valence electrons. The zero-order valence-corrected chi connectivity index (χ0v) is 10.5. The van der Waals surface area contributed by atoms with Gasteiger partial charge in [-0.1, -0.05) is 18.2 Å². The van der Waals surface area contributed by atoms with E-state index in [-0.39, 0.29) is 12.4 Å². The van der Waals surface area contributed by atoms with E-state index in [4.69, 9.17) is 0 Å². The summed E-state index contributed by atoms with van der Waals surface area (Å²) < 4.78 is 69.6. The van der Waals surface area contributed by atoms with Crippen LogP contribution < -0.4 is 5.32 Å². The number of hydrogen-bond acceptors (Lipinski definition) is 2. The van der Waals surface area contributed by atoms with Gasteiger partial charge < -0.3 is 10.1 Å². The number of carbonyl (C=O) groups excluding carboxylic acids is 1. The van der Waals surface area contributed by atoms with Gasteiger partial charge in [0.1, 0.15) is 6.04 Å². The number of rotatable bonds is 1. The molecular weight excluding hydrogens is 309 g/mol. The normalized spacial score (nSPS) is 21.4. The van der Waals surface area contributed by atoms with Gasteiger partial charge in [-0.05, 0) is 11.6 Å². The summed E-state index contributed by atoms with van der Waals surface area (Å²) in [4.78, 5) is 10.9. The summed E-state index contributed by atoms with van der Waals surface area (Å²) in [6.07, 6.45) is -5.96. The van der Waals surface area contributed by atoms with E-state index in [0.717, 1.165) is 12.1 Å². The molecule has 1 atom stereocenters. The fraction of sp³-hybridized carbons (Fsp3) is 0.364. The van der Waals surface area contributed by atoms with Crippen LogP contribution in [0.2, 0.25) is 0 Å². The Morgan fingerprint density at radius 2 is 1.85 bits per heavy atom. The minimum Gasteiger partial charge on any atom is -0.443 e. The summed E-state index contributed by atoms with van der Waals surface area (Å²) in [5.74, 6) is -3.62. The van der Waals surface area contributed by atoms with Gasteiger partial charge in [-0.25, -0.2) is 13.6 Å². The molecule has 1 aromatic carbocycles. The maximum atomic E-state index is 13.6. The molecule has 0 bridgehead atoms. The number of nitrogens with one attached hydrogen (secondary N) is 1. The SMILES string of the molecule is Cl.O=C1N[C@H](c2ccccc2C(F)(F)F)C(F)(F)CO1. The molecule has 1 aliphatic heterocycles. The van der Waals surface area contributed by atoms with E-state index in [1.54, 1.807) is 5.32 Å². The molecule has 0 aliphatic carbocycles. The minimum absolute atomic E-state index is 0. The summed E-state index contributed by atoms with van der Waals surface area (Å²) in [6.45, 7) is -1.25. The third kappa shape index (κ3) is 3.12. The second-order valence-electron chi connectivity index (χ2n) is 4.00. The third-order valence-corrected chi connectivity index (χ3v) is 2.66. The first-order valence-corrected chi connectivity index (χ1v) is 5.19. The van der Waals surface area contributed by atoms with Crippen molar-refractivity contribution < 1.29 is 31.5 Å². The van der Waals surface area contributed by atoms with Gasteiger partial charge in [0.15, 0.2) is 6.61 Å². The van der Waals surface area contributed by atoms with Gasteiger partial charge in [0.2, 0.25) is 0 Å². The van der Waals surface area contributed by atoms with Gasteiger partial charge in [0.25, 0.3) is 0 Å². The van der Waals surface area contributed by atoms with E-state index in [9.17, 15) is 26.7 Å². The van der Waals surface area contributed by atoms with Crippen LogP contribution >= 0.6 is 12.4 Å². The second kappa shape index (κ2) is 5.43. The van der Waals surface area contributed by atoms with Crippen molar-refractivity contribution in [2.75, 3.05) is 6.61 Å². The lowest BCUT2D eigenvalue weighted by Gasteiger charge is -2.33. The van der Waals surface area contributed by atoms with Crippen LogP contribution in [-0.2, 0) is 10.9 Å². The monoisotopic (exact) mass is 317 g/mol. The average molecular weight is 318 g/mol. The van der Waals surface area contributed by atoms with Gasteiger partial charge >= 0.3 is 18.2 Å². The second-order valence-corrected chi connectivity index (χ2v) is 4.00. The summed E-state index contributed by atoms with van der Waals surface area (Å²) in [5.41, 5.74) is -1.89. The maximum absolute atomic E-state index is 13.6. The Kier molecular flexibility index (Phi) is 4.48. The van der Waals surface area contributed by atoms with E-state index in [0.29, 0.717) is 6.07 Å². The van der Waals surface area contributed by atoms with Crippen LogP contribution in [0.4, 0.5) is 26.7 Å². The highest BCUT2D eigenvalue weighted by Gasteiger charge is 2.49. The van der Waals surface area contributed by atoms with E-state index in [1.165, 1.54) is 6.07 Å². The molecule has 1 N–H and O–H groups in total. The van der Waals surface area contributed by atoms with Crippen molar-refractivity contribution in [3.8, 4) is 0 Å². The summed E-state index contributed by atoms with van der Waals surface area (Å²) in [5, 5.41) is 1.72. The zero-order chi connectivity index (χ0) is 14.3. The molecule has 1 amide bonds. The topological polar surface area (TPSA) is 38.3 Å². The molecule has 1 aromatic rings. The van der Waals surface area contributed by atoms with E-state index in [1.807, 2.05) is 0 Å². The first kappa shape index (κ1) is 16.5. The summed E-state index contributed by atoms with van der Waals surface area (Å²) in [7, 11) is 0. The number of alkyl carbamates (subject to hydrolysis) is 1. The number of carbonyl (C=O) groups is 1. The third-order valence-electron chi connectivity index (χ3n) is 2.66. The van der Waals surface area contributed by atoms with E-state index >= 15 is 0 Å². The Labute approximate surface area is 116 Å². The molecule has 0 aromatic heterocycles. The Bertz CT molecular complexity index is 506. The smallest absolute Gasteiger partial charge is 0.416 e. The Hall–Kier alpha value is -1.57. The molecule has 0 radical (unpaired) electrons. The maximum Gasteiger partial charge on any atom is 0.416 e. The lowest BCUT2D eigenvalue weighted by atomic mass is 9.95. The molecule has 9 heteroatoms. The van der Waals surface area contributed by atoms with Crippen molar-refractivity contribution in [1.82, 2.24) is 5.32 Å². The van der Waals surface area contributed by atoms with Crippen molar-refractivity contribution in [3.63, 3.8) is 0 Å². The molecule has 1 aliphatic rings. The van der Waals surface area contributed by atoms with Crippen LogP contribution in [0, 0.1) is 0 Å². The number of ether oxygens (including phenoxy) is 1. The van der Waals surface area contributed by atoms with Crippen molar-refractivity contribution in [3.05, 3.63) is 35.4 Å².